The highest BCUT2D eigenvalue weighted by molar-refractivity contribution is 5.79. The van der Waals surface area contributed by atoms with E-state index in [1.165, 1.54) is 32.1 Å². The van der Waals surface area contributed by atoms with E-state index < -0.39 is 24.6 Å². The largest absolute Gasteiger partial charge is 0.550 e. The van der Waals surface area contributed by atoms with Gasteiger partial charge in [-0.15, -0.1) is 0 Å². The Morgan fingerprint density at radius 2 is 1.36 bits per heavy atom. The summed E-state index contributed by atoms with van der Waals surface area (Å²) in [6, 6.07) is 0. The van der Waals surface area contributed by atoms with Crippen LogP contribution in [0.25, 0.3) is 0 Å². The maximum atomic E-state index is 11.7. The van der Waals surface area contributed by atoms with E-state index in [0.29, 0.717) is 6.42 Å². The van der Waals surface area contributed by atoms with E-state index in [1.54, 1.807) is 0 Å². The van der Waals surface area contributed by atoms with Gasteiger partial charge in [0.1, 0.15) is 5.78 Å². The molecule has 0 bridgehead atoms. The van der Waals surface area contributed by atoms with E-state index in [0.717, 1.165) is 32.1 Å². The predicted molar refractivity (Wildman–Crippen MR) is 96.9 cm³/mol. The van der Waals surface area contributed by atoms with Crippen LogP contribution in [-0.2, 0) is 9.59 Å². The normalized spacial score (nSPS) is 13.9. The van der Waals surface area contributed by atoms with Gasteiger partial charge in [0.2, 0.25) is 0 Å². The van der Waals surface area contributed by atoms with Crippen molar-refractivity contribution in [3.05, 3.63) is 12.2 Å². The molecule has 0 aromatic heterocycles. The minimum absolute atomic E-state index is 0.139. The lowest BCUT2D eigenvalue weighted by atomic mass is 10.0. The van der Waals surface area contributed by atoms with Crippen LogP contribution in [0.4, 0.5) is 0 Å². The molecule has 146 valence electrons. The average Bonchev–Trinajstić information content (AvgIpc) is 2.55. The van der Waals surface area contributed by atoms with E-state index in [9.17, 15) is 24.9 Å². The Bertz CT molecular complexity index is 378. The molecule has 0 radical (unpaired) electrons. The number of rotatable bonds is 17. The number of allylic oxidation sites excluding steroid dienone is 2. The van der Waals surface area contributed by atoms with Gasteiger partial charge in [0.25, 0.3) is 0 Å². The Labute approximate surface area is 152 Å². The Morgan fingerprint density at radius 3 is 1.96 bits per heavy atom. The van der Waals surface area contributed by atoms with Crippen LogP contribution in [0.3, 0.4) is 0 Å². The van der Waals surface area contributed by atoms with Gasteiger partial charge in [-0.2, -0.15) is 0 Å². The van der Waals surface area contributed by atoms with Crippen molar-refractivity contribution < 1.29 is 24.9 Å². The van der Waals surface area contributed by atoms with Crippen LogP contribution in [0.15, 0.2) is 12.2 Å². The lowest BCUT2D eigenvalue weighted by molar-refractivity contribution is -0.308. The molecule has 0 fully saturated rings. The molecule has 0 rings (SSSR count). The van der Waals surface area contributed by atoms with E-state index in [2.05, 4.69) is 19.1 Å². The molecular formula is C20H35O5-. The van der Waals surface area contributed by atoms with Crippen molar-refractivity contribution in [2.24, 2.45) is 0 Å². The van der Waals surface area contributed by atoms with Gasteiger partial charge in [-0.1, -0.05) is 51.2 Å². The molecule has 2 N–H and O–H groups in total. The summed E-state index contributed by atoms with van der Waals surface area (Å²) in [5.41, 5.74) is 0. The molecule has 0 amide bonds. The summed E-state index contributed by atoms with van der Waals surface area (Å²) in [4.78, 5) is 22.0. The van der Waals surface area contributed by atoms with Crippen LogP contribution >= 0.6 is 0 Å². The van der Waals surface area contributed by atoms with Crippen molar-refractivity contribution in [3.8, 4) is 0 Å². The molecule has 0 aromatic carbocycles. The molecule has 0 heterocycles. The quantitative estimate of drug-likeness (QED) is 0.309. The summed E-state index contributed by atoms with van der Waals surface area (Å²) in [6.45, 7) is 2.21. The number of Topliss-reactive ketones (excluding diaryl/α,β-unsaturated/α-hetero) is 1. The van der Waals surface area contributed by atoms with E-state index in [4.69, 9.17) is 0 Å². The number of aliphatic carboxylic acids is 1. The molecule has 0 aliphatic rings. The Hall–Kier alpha value is -1.20. The Morgan fingerprint density at radius 1 is 0.840 bits per heavy atom. The summed E-state index contributed by atoms with van der Waals surface area (Å²) in [6.07, 6.45) is 12.6. The van der Waals surface area contributed by atoms with Gasteiger partial charge in [0, 0.05) is 25.2 Å². The van der Waals surface area contributed by atoms with Crippen molar-refractivity contribution in [2.45, 2.75) is 103 Å². The molecule has 0 saturated carbocycles. The lowest BCUT2D eigenvalue weighted by Gasteiger charge is -2.17. The molecular weight excluding hydrogens is 320 g/mol. The average molecular weight is 355 g/mol. The summed E-state index contributed by atoms with van der Waals surface area (Å²) in [5.74, 6) is -1.57. The van der Waals surface area contributed by atoms with E-state index in [1.807, 2.05) is 0 Å². The predicted octanol–water partition coefficient (Wildman–Crippen LogP) is 2.67. The van der Waals surface area contributed by atoms with Gasteiger partial charge in [0.05, 0.1) is 12.2 Å². The van der Waals surface area contributed by atoms with Crippen molar-refractivity contribution in [2.75, 3.05) is 0 Å². The van der Waals surface area contributed by atoms with Crippen molar-refractivity contribution in [1.82, 2.24) is 0 Å². The number of unbranched alkanes of at least 4 members (excludes halogenated alkanes) is 8. The van der Waals surface area contributed by atoms with Crippen LogP contribution < -0.4 is 5.11 Å². The maximum absolute atomic E-state index is 11.7. The third-order valence-corrected chi connectivity index (χ3v) is 4.22. The summed E-state index contributed by atoms with van der Waals surface area (Å²) >= 11 is 0. The first-order chi connectivity index (χ1) is 12.0. The molecule has 5 nitrogen and oxygen atoms in total. The lowest BCUT2D eigenvalue weighted by Crippen LogP contribution is -2.35. The number of carboxylic acids is 1. The Kier molecular flexibility index (Phi) is 15.5. The fraction of sp³-hybridized carbons (Fsp3) is 0.800. The molecule has 0 spiro atoms. The highest BCUT2D eigenvalue weighted by atomic mass is 16.4. The zero-order valence-electron chi connectivity index (χ0n) is 15.6. The van der Waals surface area contributed by atoms with Gasteiger partial charge in [-0.05, 0) is 32.1 Å². The van der Waals surface area contributed by atoms with E-state index >= 15 is 0 Å². The fourth-order valence-electron chi connectivity index (χ4n) is 2.64. The number of carbonyl (C=O) groups is 2. The summed E-state index contributed by atoms with van der Waals surface area (Å²) in [7, 11) is 0. The first-order valence-corrected chi connectivity index (χ1v) is 9.70. The van der Waals surface area contributed by atoms with Crippen molar-refractivity contribution in [1.29, 1.82) is 0 Å². The van der Waals surface area contributed by atoms with Crippen molar-refractivity contribution in [3.63, 3.8) is 0 Å². The first-order valence-electron chi connectivity index (χ1n) is 9.70. The molecule has 2 unspecified atom stereocenters. The molecule has 25 heavy (non-hydrogen) atoms. The first kappa shape index (κ1) is 23.8. The number of aliphatic hydroxyl groups excluding tert-OH is 2. The molecule has 0 aliphatic carbocycles. The molecule has 5 heteroatoms. The number of carboxylic acid groups (broad SMARTS) is 1. The van der Waals surface area contributed by atoms with Crippen molar-refractivity contribution >= 4 is 11.8 Å². The topological polar surface area (TPSA) is 97.7 Å². The van der Waals surface area contributed by atoms with Crippen LogP contribution in [0, 0.1) is 0 Å². The maximum Gasteiger partial charge on any atom is 0.135 e. The third-order valence-electron chi connectivity index (χ3n) is 4.22. The second-order valence-electron chi connectivity index (χ2n) is 6.73. The summed E-state index contributed by atoms with van der Waals surface area (Å²) in [5, 5.41) is 29.3. The van der Waals surface area contributed by atoms with Crippen LogP contribution in [0.2, 0.25) is 0 Å². The SMILES string of the molecule is CCCCC/C=C\CCCCCCCC(=O)CC(O)C(O)CC(=O)[O-]. The Balaban J connectivity index is 3.50. The van der Waals surface area contributed by atoms with Gasteiger partial charge < -0.3 is 20.1 Å². The number of hydrogen-bond acceptors (Lipinski definition) is 5. The van der Waals surface area contributed by atoms with Crippen LogP contribution in [0.1, 0.15) is 90.4 Å². The monoisotopic (exact) mass is 355 g/mol. The van der Waals surface area contributed by atoms with Gasteiger partial charge >= 0.3 is 0 Å². The van der Waals surface area contributed by atoms with Crippen LogP contribution in [-0.4, -0.2) is 34.2 Å². The molecule has 0 saturated heterocycles. The van der Waals surface area contributed by atoms with Gasteiger partial charge in [0.15, 0.2) is 0 Å². The molecule has 0 aliphatic heterocycles. The van der Waals surface area contributed by atoms with Crippen LogP contribution in [0.5, 0.6) is 0 Å². The highest BCUT2D eigenvalue weighted by Gasteiger charge is 2.19. The minimum Gasteiger partial charge on any atom is -0.550 e. The smallest absolute Gasteiger partial charge is 0.135 e. The van der Waals surface area contributed by atoms with Gasteiger partial charge in [-0.3, -0.25) is 4.79 Å². The second-order valence-corrected chi connectivity index (χ2v) is 6.73. The second kappa shape index (κ2) is 16.3. The molecule has 2 atom stereocenters. The number of ketones is 1. The third kappa shape index (κ3) is 16.0. The standard InChI is InChI=1S/C20H36O5/c1-2-3-4-5-6-7-8-9-10-11-12-13-14-17(21)15-18(22)19(23)16-20(24)25/h6-7,18-19,22-23H,2-5,8-16H2,1H3,(H,24,25)/p-1/b7-6-. The fourth-order valence-corrected chi connectivity index (χ4v) is 2.64. The highest BCUT2D eigenvalue weighted by Crippen LogP contribution is 2.11. The molecule has 0 aromatic rings. The summed E-state index contributed by atoms with van der Waals surface area (Å²) < 4.78 is 0. The zero-order chi connectivity index (χ0) is 18.9. The number of aliphatic hydroxyl groups is 2. The number of carbonyl (C=O) groups excluding carboxylic acids is 2. The van der Waals surface area contributed by atoms with Gasteiger partial charge in [-0.25, -0.2) is 0 Å². The number of hydrogen-bond donors (Lipinski definition) is 2. The van der Waals surface area contributed by atoms with E-state index in [-0.39, 0.29) is 12.2 Å². The minimum atomic E-state index is -1.44. The zero-order valence-corrected chi connectivity index (χ0v) is 15.6.